The Kier molecular flexibility index (Phi) is 5.38. The van der Waals surface area contributed by atoms with E-state index >= 15 is 0 Å². The molecule has 0 fully saturated rings. The summed E-state index contributed by atoms with van der Waals surface area (Å²) in [5.74, 6) is -0.836. The number of hydrogen-bond acceptors (Lipinski definition) is 2. The molecule has 5 heteroatoms. The molecule has 3 aromatic carbocycles. The summed E-state index contributed by atoms with van der Waals surface area (Å²) in [6.45, 7) is -0.0799. The van der Waals surface area contributed by atoms with E-state index in [1.54, 1.807) is 11.0 Å². The van der Waals surface area contributed by atoms with E-state index in [9.17, 15) is 14.0 Å². The number of hydrogen-bond donors (Lipinski definition) is 1. The van der Waals surface area contributed by atoms with E-state index in [0.29, 0.717) is 17.7 Å². The second-order valence-electron chi connectivity index (χ2n) is 7.10. The zero-order valence-electron chi connectivity index (χ0n) is 15.8. The minimum Gasteiger partial charge on any atom is -0.324 e. The molecule has 0 aliphatic carbocycles. The summed E-state index contributed by atoms with van der Waals surface area (Å²) < 4.78 is 14.1. The van der Waals surface area contributed by atoms with Crippen LogP contribution in [0.4, 0.5) is 10.1 Å². The monoisotopic (exact) mass is 388 g/mol. The van der Waals surface area contributed by atoms with Gasteiger partial charge in [-0.05, 0) is 35.7 Å². The fraction of sp³-hybridized carbons (Fsp3) is 0.167. The first-order chi connectivity index (χ1) is 14.1. The van der Waals surface area contributed by atoms with Crippen molar-refractivity contribution in [3.63, 3.8) is 0 Å². The lowest BCUT2D eigenvalue weighted by atomic mass is 9.95. The second kappa shape index (κ2) is 8.27. The zero-order chi connectivity index (χ0) is 20.2. The number of nitrogens with zero attached hydrogens (tertiary/aromatic N) is 1. The molecule has 0 spiro atoms. The molecule has 0 saturated carbocycles. The summed E-state index contributed by atoms with van der Waals surface area (Å²) in [6.07, 6.45) is 0.848. The molecule has 1 atom stereocenters. The Bertz CT molecular complexity index is 1020. The van der Waals surface area contributed by atoms with Gasteiger partial charge in [0.15, 0.2) is 0 Å². The van der Waals surface area contributed by atoms with Crippen molar-refractivity contribution in [3.8, 4) is 0 Å². The van der Waals surface area contributed by atoms with Crippen LogP contribution >= 0.6 is 0 Å². The van der Waals surface area contributed by atoms with Crippen molar-refractivity contribution in [1.82, 2.24) is 4.90 Å². The number of benzene rings is 3. The highest BCUT2D eigenvalue weighted by molar-refractivity contribution is 5.97. The molecule has 1 heterocycles. The number of aryl methyl sites for hydroxylation is 1. The van der Waals surface area contributed by atoms with Gasteiger partial charge < -0.3 is 10.2 Å². The minimum absolute atomic E-state index is 0.0799. The quantitative estimate of drug-likeness (QED) is 0.723. The normalized spacial score (nSPS) is 16.0. The van der Waals surface area contributed by atoms with Crippen LogP contribution in [-0.2, 0) is 16.0 Å². The second-order valence-corrected chi connectivity index (χ2v) is 7.10. The van der Waals surface area contributed by atoms with Crippen molar-refractivity contribution >= 4 is 17.5 Å². The summed E-state index contributed by atoms with van der Waals surface area (Å²) >= 11 is 0. The largest absolute Gasteiger partial charge is 0.324 e. The summed E-state index contributed by atoms with van der Waals surface area (Å²) in [6, 6.07) is 22.9. The Morgan fingerprint density at radius 1 is 1.00 bits per heavy atom. The van der Waals surface area contributed by atoms with Crippen LogP contribution in [0.2, 0.25) is 0 Å². The van der Waals surface area contributed by atoms with Crippen molar-refractivity contribution in [3.05, 3.63) is 101 Å². The van der Waals surface area contributed by atoms with Crippen molar-refractivity contribution in [2.75, 3.05) is 11.9 Å². The van der Waals surface area contributed by atoms with Crippen LogP contribution in [-0.4, -0.2) is 23.3 Å². The molecular weight excluding hydrogens is 367 g/mol. The molecule has 1 unspecified atom stereocenters. The molecular formula is C24H21FN2O2. The number of amides is 2. The summed E-state index contributed by atoms with van der Waals surface area (Å²) in [4.78, 5) is 27.3. The third kappa shape index (κ3) is 4.19. The van der Waals surface area contributed by atoms with Gasteiger partial charge in [-0.15, -0.1) is 0 Å². The molecule has 1 aliphatic rings. The van der Waals surface area contributed by atoms with E-state index in [4.69, 9.17) is 0 Å². The van der Waals surface area contributed by atoms with Crippen LogP contribution < -0.4 is 5.32 Å². The lowest BCUT2D eigenvalue weighted by Crippen LogP contribution is -2.39. The molecule has 0 radical (unpaired) electrons. The van der Waals surface area contributed by atoms with Crippen molar-refractivity contribution in [2.24, 2.45) is 0 Å². The minimum atomic E-state index is -0.538. The highest BCUT2D eigenvalue weighted by Gasteiger charge is 2.33. The molecule has 1 N–H and O–H groups in total. The number of rotatable bonds is 4. The predicted octanol–water partition coefficient (Wildman–Crippen LogP) is 4.33. The number of nitrogens with one attached hydrogen (secondary N) is 1. The molecule has 2 amide bonds. The van der Waals surface area contributed by atoms with Crippen molar-refractivity contribution < 1.29 is 14.0 Å². The predicted molar refractivity (Wildman–Crippen MR) is 110 cm³/mol. The van der Waals surface area contributed by atoms with Gasteiger partial charge in [-0.1, -0.05) is 60.7 Å². The number of halogens is 1. The van der Waals surface area contributed by atoms with Crippen LogP contribution in [0.25, 0.3) is 0 Å². The van der Waals surface area contributed by atoms with Crippen LogP contribution in [0, 0.1) is 5.82 Å². The van der Waals surface area contributed by atoms with Gasteiger partial charge in [0.05, 0.1) is 6.04 Å². The van der Waals surface area contributed by atoms with E-state index in [-0.39, 0.29) is 24.8 Å². The first kappa shape index (κ1) is 18.9. The molecule has 146 valence electrons. The molecule has 0 bridgehead atoms. The number of fused-ring (bicyclic) bond motifs is 1. The summed E-state index contributed by atoms with van der Waals surface area (Å²) in [5.41, 5.74) is 3.01. The third-order valence-corrected chi connectivity index (χ3v) is 5.11. The Hall–Kier alpha value is -3.47. The van der Waals surface area contributed by atoms with Gasteiger partial charge in [-0.25, -0.2) is 4.39 Å². The lowest BCUT2D eigenvalue weighted by molar-refractivity contribution is -0.136. The van der Waals surface area contributed by atoms with Gasteiger partial charge in [0.2, 0.25) is 11.8 Å². The van der Waals surface area contributed by atoms with E-state index in [2.05, 4.69) is 5.32 Å². The molecule has 0 aromatic heterocycles. The van der Waals surface area contributed by atoms with Gasteiger partial charge in [-0.2, -0.15) is 0 Å². The highest BCUT2D eigenvalue weighted by atomic mass is 19.1. The maximum Gasteiger partial charge on any atom is 0.244 e. The number of carbonyl (C=O) groups is 2. The molecule has 1 aliphatic heterocycles. The van der Waals surface area contributed by atoms with E-state index < -0.39 is 11.9 Å². The fourth-order valence-corrected chi connectivity index (χ4v) is 3.74. The standard InChI is InChI=1S/C24H21FN2O2/c25-19-12-13-21-20(15-19)24(18-9-5-2-6-10-18)27(16-22(28)26-21)23(29)14-11-17-7-3-1-4-8-17/h1-10,12-13,15,24H,11,14,16H2,(H,26,28). The van der Waals surface area contributed by atoms with E-state index in [1.165, 1.54) is 12.1 Å². The maximum absolute atomic E-state index is 14.1. The average Bonchev–Trinajstić information content (AvgIpc) is 2.89. The van der Waals surface area contributed by atoms with E-state index in [1.807, 2.05) is 60.7 Å². The van der Waals surface area contributed by atoms with Crippen molar-refractivity contribution in [1.29, 1.82) is 0 Å². The van der Waals surface area contributed by atoms with Crippen LogP contribution in [0.15, 0.2) is 78.9 Å². The first-order valence-corrected chi connectivity index (χ1v) is 9.59. The first-order valence-electron chi connectivity index (χ1n) is 9.59. The lowest BCUT2D eigenvalue weighted by Gasteiger charge is -2.30. The van der Waals surface area contributed by atoms with Gasteiger partial charge in [0, 0.05) is 17.7 Å². The van der Waals surface area contributed by atoms with Gasteiger partial charge in [-0.3, -0.25) is 9.59 Å². The van der Waals surface area contributed by atoms with E-state index in [0.717, 1.165) is 11.1 Å². The highest BCUT2D eigenvalue weighted by Crippen LogP contribution is 2.36. The zero-order valence-corrected chi connectivity index (χ0v) is 15.8. The van der Waals surface area contributed by atoms with Crippen LogP contribution in [0.3, 0.4) is 0 Å². The summed E-state index contributed by atoms with van der Waals surface area (Å²) in [7, 11) is 0. The number of anilines is 1. The SMILES string of the molecule is O=C1CN(C(=O)CCc2ccccc2)C(c2ccccc2)c2cc(F)ccc2N1. The molecule has 4 rings (SSSR count). The Balaban J connectivity index is 1.71. The summed E-state index contributed by atoms with van der Waals surface area (Å²) in [5, 5.41) is 2.81. The molecule has 3 aromatic rings. The van der Waals surface area contributed by atoms with Gasteiger partial charge in [0.1, 0.15) is 12.4 Å². The Labute approximate surface area is 169 Å². The number of carbonyl (C=O) groups excluding carboxylic acids is 2. The molecule has 0 saturated heterocycles. The topological polar surface area (TPSA) is 49.4 Å². The fourth-order valence-electron chi connectivity index (χ4n) is 3.74. The average molecular weight is 388 g/mol. The maximum atomic E-state index is 14.1. The Morgan fingerprint density at radius 2 is 1.69 bits per heavy atom. The Morgan fingerprint density at radius 3 is 2.41 bits per heavy atom. The van der Waals surface area contributed by atoms with Crippen molar-refractivity contribution in [2.45, 2.75) is 18.9 Å². The van der Waals surface area contributed by atoms with Crippen LogP contribution in [0.5, 0.6) is 0 Å². The molecule has 29 heavy (non-hydrogen) atoms. The molecule has 4 nitrogen and oxygen atoms in total. The third-order valence-electron chi connectivity index (χ3n) is 5.11. The van der Waals surface area contributed by atoms with Gasteiger partial charge >= 0.3 is 0 Å². The van der Waals surface area contributed by atoms with Crippen LogP contribution in [0.1, 0.15) is 29.2 Å². The van der Waals surface area contributed by atoms with Gasteiger partial charge in [0.25, 0.3) is 0 Å². The smallest absolute Gasteiger partial charge is 0.244 e.